The lowest BCUT2D eigenvalue weighted by molar-refractivity contribution is -0.136. The number of furan rings is 1. The average molecular weight is 540 g/mol. The van der Waals surface area contributed by atoms with Crippen LogP contribution in [0.15, 0.2) is 46.1 Å². The molecule has 4 rings (SSSR count). The number of hydrazone groups is 1. The van der Waals surface area contributed by atoms with Gasteiger partial charge in [-0.1, -0.05) is 0 Å². The lowest BCUT2D eigenvalue weighted by Crippen LogP contribution is -2.32. The fourth-order valence-corrected chi connectivity index (χ4v) is 5.12. The molecule has 2 amide bonds. The largest absolute Gasteiger partial charge is 0.493 e. The quantitative estimate of drug-likeness (QED) is 0.145. The Morgan fingerprint density at radius 1 is 1.08 bits per heavy atom. The summed E-state index contributed by atoms with van der Waals surface area (Å²) < 4.78 is 20.7. The fraction of sp³-hybridized carbons (Fsp3) is 0.269. The number of benzene rings is 1. The number of nitrogens with zero attached hydrogens (tertiary/aromatic N) is 1. The first kappa shape index (κ1) is 26.6. The summed E-state index contributed by atoms with van der Waals surface area (Å²) in [6, 6.07) is 7.63. The van der Waals surface area contributed by atoms with Gasteiger partial charge in [0.05, 0.1) is 31.8 Å². The highest BCUT2D eigenvalue weighted by Crippen LogP contribution is 2.38. The number of nitrogens with one attached hydrogen (secondary N) is 2. The van der Waals surface area contributed by atoms with Crippen molar-refractivity contribution in [3.05, 3.63) is 63.9 Å². The third-order valence-electron chi connectivity index (χ3n) is 5.58. The maximum Gasteiger partial charge on any atom is 0.379 e. The van der Waals surface area contributed by atoms with Crippen LogP contribution in [0.2, 0.25) is 0 Å². The van der Waals surface area contributed by atoms with E-state index in [0.29, 0.717) is 16.1 Å². The molecule has 0 spiro atoms. The van der Waals surface area contributed by atoms with Crippen LogP contribution in [0.25, 0.3) is 0 Å². The van der Waals surface area contributed by atoms with Crippen molar-refractivity contribution in [2.75, 3.05) is 19.0 Å². The molecule has 38 heavy (non-hydrogen) atoms. The lowest BCUT2D eigenvalue weighted by Gasteiger charge is -2.12. The van der Waals surface area contributed by atoms with Gasteiger partial charge in [-0.2, -0.15) is 5.10 Å². The summed E-state index contributed by atoms with van der Waals surface area (Å²) in [5.74, 6) is -2.76. The molecule has 2 heterocycles. The summed E-state index contributed by atoms with van der Waals surface area (Å²) in [4.78, 5) is 50.6. The Morgan fingerprint density at radius 2 is 1.89 bits per heavy atom. The van der Waals surface area contributed by atoms with Crippen molar-refractivity contribution in [2.45, 2.75) is 32.6 Å². The molecular formula is C26H25N3O8S. The molecular weight excluding hydrogens is 514 g/mol. The zero-order chi connectivity index (χ0) is 27.1. The number of carbonyl (C=O) groups excluding carboxylic acids is 4. The molecule has 0 saturated carbocycles. The zero-order valence-corrected chi connectivity index (χ0v) is 21.5. The van der Waals surface area contributed by atoms with E-state index in [-0.39, 0.29) is 23.9 Å². The topological polar surface area (TPSA) is 146 Å². The second kappa shape index (κ2) is 12.2. The van der Waals surface area contributed by atoms with E-state index in [0.717, 1.165) is 36.1 Å². The minimum absolute atomic E-state index is 0.0378. The van der Waals surface area contributed by atoms with Gasteiger partial charge in [-0.3, -0.25) is 9.59 Å². The predicted octanol–water partition coefficient (Wildman–Crippen LogP) is 3.71. The van der Waals surface area contributed by atoms with Crippen LogP contribution in [-0.4, -0.2) is 43.7 Å². The average Bonchev–Trinajstić information content (AvgIpc) is 3.57. The van der Waals surface area contributed by atoms with Crippen LogP contribution in [0.5, 0.6) is 11.5 Å². The van der Waals surface area contributed by atoms with Crippen molar-refractivity contribution in [2.24, 2.45) is 5.10 Å². The van der Waals surface area contributed by atoms with Crippen LogP contribution in [0, 0.1) is 0 Å². The number of amides is 2. The summed E-state index contributed by atoms with van der Waals surface area (Å²) in [7, 11) is 1.40. The third-order valence-corrected chi connectivity index (χ3v) is 6.78. The highest BCUT2D eigenvalue weighted by atomic mass is 32.1. The second-order valence-corrected chi connectivity index (χ2v) is 9.17. The molecule has 0 radical (unpaired) electrons. The number of ether oxygens (including phenoxy) is 3. The number of carbonyl (C=O) groups is 4. The summed E-state index contributed by atoms with van der Waals surface area (Å²) in [6.07, 6.45) is 6.11. The first-order valence-corrected chi connectivity index (χ1v) is 12.6. The molecule has 0 unspecified atom stereocenters. The Labute approximate surface area is 221 Å². The van der Waals surface area contributed by atoms with E-state index >= 15 is 0 Å². The van der Waals surface area contributed by atoms with E-state index in [4.69, 9.17) is 18.6 Å². The van der Waals surface area contributed by atoms with E-state index in [1.54, 1.807) is 19.1 Å². The van der Waals surface area contributed by atoms with Gasteiger partial charge in [0.15, 0.2) is 11.5 Å². The molecule has 1 aliphatic carbocycles. The van der Waals surface area contributed by atoms with Crippen LogP contribution < -0.4 is 20.2 Å². The molecule has 2 N–H and O–H groups in total. The monoisotopic (exact) mass is 539 g/mol. The number of methoxy groups -OCH3 is 1. The number of fused-ring (bicyclic) bond motifs is 1. The minimum atomic E-state index is -1.02. The van der Waals surface area contributed by atoms with Crippen LogP contribution in [-0.2, 0) is 27.2 Å². The van der Waals surface area contributed by atoms with Gasteiger partial charge in [-0.05, 0) is 74.1 Å². The van der Waals surface area contributed by atoms with Crippen molar-refractivity contribution >= 4 is 46.3 Å². The number of thiophene rings is 1. The number of aryl methyl sites for hydroxylation is 1. The van der Waals surface area contributed by atoms with Gasteiger partial charge in [0.1, 0.15) is 5.00 Å². The molecule has 0 atom stereocenters. The van der Waals surface area contributed by atoms with E-state index in [2.05, 4.69) is 15.8 Å². The van der Waals surface area contributed by atoms with Crippen LogP contribution in [0.3, 0.4) is 0 Å². The van der Waals surface area contributed by atoms with Gasteiger partial charge in [0.25, 0.3) is 0 Å². The fourth-order valence-electron chi connectivity index (χ4n) is 3.84. The molecule has 12 heteroatoms. The van der Waals surface area contributed by atoms with Crippen molar-refractivity contribution in [3.8, 4) is 11.5 Å². The SMILES string of the molecule is CCOC(=O)c1c(NC(=O)C(=O)N/N=C/c2ccc(OC(=O)c3ccco3)c(OC)c2)sc2c1CCCC2. The highest BCUT2D eigenvalue weighted by Gasteiger charge is 2.28. The first-order valence-electron chi connectivity index (χ1n) is 11.8. The highest BCUT2D eigenvalue weighted by molar-refractivity contribution is 7.17. The summed E-state index contributed by atoms with van der Waals surface area (Å²) in [5.41, 5.74) is 3.85. The van der Waals surface area contributed by atoms with Gasteiger partial charge in [-0.15, -0.1) is 11.3 Å². The normalized spacial score (nSPS) is 12.5. The molecule has 0 aliphatic heterocycles. The Morgan fingerprint density at radius 3 is 2.63 bits per heavy atom. The predicted molar refractivity (Wildman–Crippen MR) is 138 cm³/mol. The van der Waals surface area contributed by atoms with Gasteiger partial charge in [0.2, 0.25) is 5.76 Å². The van der Waals surface area contributed by atoms with Crippen molar-refractivity contribution in [1.29, 1.82) is 0 Å². The van der Waals surface area contributed by atoms with Gasteiger partial charge < -0.3 is 23.9 Å². The smallest absolute Gasteiger partial charge is 0.379 e. The van der Waals surface area contributed by atoms with Crippen LogP contribution >= 0.6 is 11.3 Å². The Kier molecular flexibility index (Phi) is 8.54. The van der Waals surface area contributed by atoms with Gasteiger partial charge >= 0.3 is 23.8 Å². The van der Waals surface area contributed by atoms with Gasteiger partial charge in [-0.25, -0.2) is 15.0 Å². The molecule has 198 valence electrons. The zero-order valence-electron chi connectivity index (χ0n) is 20.7. The molecule has 0 fully saturated rings. The van der Waals surface area contributed by atoms with Crippen LogP contribution in [0.1, 0.15) is 56.7 Å². The number of anilines is 1. The van der Waals surface area contributed by atoms with E-state index in [1.807, 2.05) is 0 Å². The molecule has 0 saturated heterocycles. The van der Waals surface area contributed by atoms with Gasteiger partial charge in [0, 0.05) is 4.88 Å². The minimum Gasteiger partial charge on any atom is -0.493 e. The standard InChI is InChI=1S/C26H25N3O8S/c1-3-35-26(33)21-16-7-4-5-9-20(16)38-24(21)28-22(30)23(31)29-27-14-15-10-11-17(19(13-15)34-2)37-25(32)18-8-6-12-36-18/h6,8,10-14H,3-5,7,9H2,1-2H3,(H,28,30)(H,29,31)/b27-14+. The maximum atomic E-state index is 12.5. The Balaban J connectivity index is 1.39. The molecule has 11 nitrogen and oxygen atoms in total. The summed E-state index contributed by atoms with van der Waals surface area (Å²) >= 11 is 1.28. The summed E-state index contributed by atoms with van der Waals surface area (Å²) in [5, 5.41) is 6.63. The van der Waals surface area contributed by atoms with E-state index in [9.17, 15) is 19.2 Å². The second-order valence-electron chi connectivity index (χ2n) is 8.07. The molecule has 1 aromatic carbocycles. The number of hydrogen-bond donors (Lipinski definition) is 2. The third kappa shape index (κ3) is 6.09. The molecule has 3 aromatic rings. The Bertz CT molecular complexity index is 1380. The lowest BCUT2D eigenvalue weighted by atomic mass is 9.95. The maximum absolute atomic E-state index is 12.5. The van der Waals surface area contributed by atoms with E-state index < -0.39 is 23.8 Å². The number of rotatable bonds is 8. The van der Waals surface area contributed by atoms with E-state index in [1.165, 1.54) is 49.1 Å². The molecule has 0 bridgehead atoms. The first-order chi connectivity index (χ1) is 18.4. The number of esters is 2. The van der Waals surface area contributed by atoms with Crippen LogP contribution in [0.4, 0.5) is 5.00 Å². The van der Waals surface area contributed by atoms with Crippen molar-refractivity contribution in [1.82, 2.24) is 5.43 Å². The summed E-state index contributed by atoms with van der Waals surface area (Å²) in [6.45, 7) is 1.90. The Hall–Kier alpha value is -4.45. The number of hydrogen-bond acceptors (Lipinski definition) is 10. The molecule has 2 aromatic heterocycles. The van der Waals surface area contributed by atoms with Crippen molar-refractivity contribution in [3.63, 3.8) is 0 Å². The molecule has 1 aliphatic rings. The van der Waals surface area contributed by atoms with Crippen molar-refractivity contribution < 1.29 is 37.8 Å².